The van der Waals surface area contributed by atoms with Gasteiger partial charge in [0.25, 0.3) is 0 Å². The number of nitrogens with zero attached hydrogens (tertiary/aromatic N) is 1. The third kappa shape index (κ3) is 4.88. The molecule has 2 saturated carbocycles. The smallest absolute Gasteiger partial charge is 0.0361 e. The highest BCUT2D eigenvalue weighted by atomic mass is 15.1. The molecule has 1 aromatic rings. The summed E-state index contributed by atoms with van der Waals surface area (Å²) in [5.41, 5.74) is 3.59. The zero-order valence-electron chi connectivity index (χ0n) is 23.6. The average Bonchev–Trinajstić information content (AvgIpc) is 2.97. The Balaban J connectivity index is 2.10. The van der Waals surface area contributed by atoms with E-state index in [-0.39, 0.29) is 16.2 Å². The molecule has 6 atom stereocenters. The molecule has 1 nitrogen and oxygen atoms in total. The number of rotatable bonds is 5. The van der Waals surface area contributed by atoms with E-state index in [1.807, 2.05) is 0 Å². The van der Waals surface area contributed by atoms with Gasteiger partial charge in [-0.1, -0.05) is 65.0 Å². The zero-order valence-corrected chi connectivity index (χ0v) is 23.6. The molecule has 0 radical (unpaired) electrons. The van der Waals surface area contributed by atoms with Gasteiger partial charge in [0.2, 0.25) is 0 Å². The molecule has 0 heterocycles. The normalized spacial score (nSPS) is 34.4. The quantitative estimate of drug-likeness (QED) is 0.406. The summed E-state index contributed by atoms with van der Waals surface area (Å²) in [6.45, 7) is 21.9. The molecule has 0 aromatic heterocycles. The maximum Gasteiger partial charge on any atom is 0.0361 e. The van der Waals surface area contributed by atoms with E-state index in [1.165, 1.54) is 37.8 Å². The van der Waals surface area contributed by atoms with E-state index >= 15 is 0 Å². The van der Waals surface area contributed by atoms with Crippen LogP contribution in [-0.4, -0.2) is 14.1 Å². The largest absolute Gasteiger partial charge is 0.378 e. The molecule has 2 aliphatic carbocycles. The molecule has 0 saturated heterocycles. The lowest BCUT2D eigenvalue weighted by Gasteiger charge is -2.57. The van der Waals surface area contributed by atoms with E-state index in [9.17, 15) is 0 Å². The third-order valence-electron chi connectivity index (χ3n) is 9.66. The van der Waals surface area contributed by atoms with Crippen LogP contribution in [0, 0.1) is 51.3 Å². The molecule has 0 amide bonds. The van der Waals surface area contributed by atoms with Crippen LogP contribution in [0.5, 0.6) is 0 Å². The Hall–Kier alpha value is -1.42. The van der Waals surface area contributed by atoms with Crippen LogP contribution in [-0.2, 0) is 0 Å². The van der Waals surface area contributed by atoms with Crippen molar-refractivity contribution in [1.82, 2.24) is 0 Å². The van der Waals surface area contributed by atoms with Crippen LogP contribution in [0.4, 0.5) is 5.69 Å². The van der Waals surface area contributed by atoms with Crippen LogP contribution in [0.25, 0.3) is 0 Å². The third-order valence-corrected chi connectivity index (χ3v) is 9.66. The molecule has 33 heavy (non-hydrogen) atoms. The predicted octanol–water partition coefficient (Wildman–Crippen LogP) is 8.79. The van der Waals surface area contributed by atoms with Gasteiger partial charge in [0.15, 0.2) is 0 Å². The fourth-order valence-corrected chi connectivity index (χ4v) is 7.82. The van der Waals surface area contributed by atoms with E-state index in [2.05, 4.69) is 117 Å². The summed E-state index contributed by atoms with van der Waals surface area (Å²) < 4.78 is 0. The highest BCUT2D eigenvalue weighted by Crippen LogP contribution is 2.69. The Morgan fingerprint density at radius 3 is 2.15 bits per heavy atom. The highest BCUT2D eigenvalue weighted by Gasteiger charge is 2.62. The van der Waals surface area contributed by atoms with Crippen molar-refractivity contribution in [2.45, 2.75) is 100 Å². The van der Waals surface area contributed by atoms with Crippen LogP contribution in [0.1, 0.15) is 106 Å². The number of anilines is 1. The molecule has 0 N–H and O–H groups in total. The van der Waals surface area contributed by atoms with Crippen LogP contribution < -0.4 is 4.90 Å². The SMILES string of the molecule is CCCC(C)(C)C1C(c2ccc(N(C)C)cc2)CC2(C)C(CCC2(C)C#CC(C)(C)C)C1C. The van der Waals surface area contributed by atoms with Gasteiger partial charge >= 0.3 is 0 Å². The summed E-state index contributed by atoms with van der Waals surface area (Å²) >= 11 is 0. The molecule has 184 valence electrons. The van der Waals surface area contributed by atoms with Crippen molar-refractivity contribution in [2.75, 3.05) is 19.0 Å². The second-order valence-electron chi connectivity index (χ2n) is 13.8. The van der Waals surface area contributed by atoms with Gasteiger partial charge in [0.1, 0.15) is 0 Å². The summed E-state index contributed by atoms with van der Waals surface area (Å²) in [6, 6.07) is 9.51. The lowest BCUT2D eigenvalue weighted by Crippen LogP contribution is -2.50. The minimum absolute atomic E-state index is 0.0603. The average molecular weight is 450 g/mol. The first-order chi connectivity index (χ1) is 15.2. The monoisotopic (exact) mass is 449 g/mol. The molecule has 6 unspecified atom stereocenters. The molecule has 2 fully saturated rings. The summed E-state index contributed by atoms with van der Waals surface area (Å²) in [4.78, 5) is 2.21. The molecule has 0 bridgehead atoms. The molecular formula is C32H51N. The van der Waals surface area contributed by atoms with Gasteiger partial charge in [0, 0.05) is 30.6 Å². The molecule has 1 aromatic carbocycles. The molecular weight excluding hydrogens is 398 g/mol. The molecule has 2 aliphatic rings. The van der Waals surface area contributed by atoms with Crippen molar-refractivity contribution in [2.24, 2.45) is 39.4 Å². The molecule has 0 aliphatic heterocycles. The fourth-order valence-electron chi connectivity index (χ4n) is 7.82. The molecule has 3 rings (SSSR count). The summed E-state index contributed by atoms with van der Waals surface area (Å²) in [6.07, 6.45) is 6.40. The van der Waals surface area contributed by atoms with Crippen molar-refractivity contribution in [3.8, 4) is 11.8 Å². The highest BCUT2D eigenvalue weighted by molar-refractivity contribution is 5.47. The van der Waals surface area contributed by atoms with Gasteiger partial charge in [-0.2, -0.15) is 0 Å². The minimum Gasteiger partial charge on any atom is -0.378 e. The van der Waals surface area contributed by atoms with Gasteiger partial charge in [0.05, 0.1) is 0 Å². The van der Waals surface area contributed by atoms with Crippen molar-refractivity contribution in [1.29, 1.82) is 0 Å². The van der Waals surface area contributed by atoms with Crippen LogP contribution in [0.15, 0.2) is 24.3 Å². The Kier molecular flexibility index (Phi) is 7.13. The lowest BCUT2D eigenvalue weighted by atomic mass is 9.46. The maximum absolute atomic E-state index is 3.88. The number of hydrogen-bond donors (Lipinski definition) is 0. The molecule has 0 spiro atoms. The lowest BCUT2D eigenvalue weighted by molar-refractivity contribution is -0.0568. The van der Waals surface area contributed by atoms with Crippen molar-refractivity contribution in [3.05, 3.63) is 29.8 Å². The summed E-state index contributed by atoms with van der Waals surface area (Å²) in [5, 5.41) is 0. The molecule has 1 heteroatoms. The number of hydrogen-bond acceptors (Lipinski definition) is 1. The number of benzene rings is 1. The Bertz CT molecular complexity index is 874. The Morgan fingerprint density at radius 1 is 1.03 bits per heavy atom. The second kappa shape index (κ2) is 8.98. The standard InChI is InChI=1S/C32H51N/c1-12-18-30(6,7)28-23(2)27-17-19-31(8,21-20-29(3,4)5)32(27,9)22-26(28)24-13-15-25(16-14-24)33(10)11/h13-16,23,26-28H,12,17-19,22H2,1-11H3. The summed E-state index contributed by atoms with van der Waals surface area (Å²) in [5.74, 6) is 10.3. The van der Waals surface area contributed by atoms with Gasteiger partial charge in [-0.15, -0.1) is 0 Å². The van der Waals surface area contributed by atoms with E-state index < -0.39 is 0 Å². The van der Waals surface area contributed by atoms with E-state index in [0.29, 0.717) is 23.2 Å². The topological polar surface area (TPSA) is 3.24 Å². The van der Waals surface area contributed by atoms with Crippen LogP contribution in [0.3, 0.4) is 0 Å². The van der Waals surface area contributed by atoms with Gasteiger partial charge < -0.3 is 4.90 Å². The first-order valence-corrected chi connectivity index (χ1v) is 13.5. The van der Waals surface area contributed by atoms with Gasteiger partial charge in [-0.3, -0.25) is 0 Å². The van der Waals surface area contributed by atoms with E-state index in [4.69, 9.17) is 0 Å². The first kappa shape index (κ1) is 26.2. The first-order valence-electron chi connectivity index (χ1n) is 13.5. The summed E-state index contributed by atoms with van der Waals surface area (Å²) in [7, 11) is 4.27. The van der Waals surface area contributed by atoms with Gasteiger partial charge in [-0.05, 0) is 106 Å². The van der Waals surface area contributed by atoms with Gasteiger partial charge in [-0.25, -0.2) is 0 Å². The van der Waals surface area contributed by atoms with E-state index in [1.54, 1.807) is 5.56 Å². The fraction of sp³-hybridized carbons (Fsp3) is 0.750. The number of fused-ring (bicyclic) bond motifs is 1. The minimum atomic E-state index is 0.0603. The Morgan fingerprint density at radius 2 is 1.64 bits per heavy atom. The second-order valence-corrected chi connectivity index (χ2v) is 13.8. The maximum atomic E-state index is 3.88. The van der Waals surface area contributed by atoms with Crippen molar-refractivity contribution in [3.63, 3.8) is 0 Å². The van der Waals surface area contributed by atoms with Crippen LogP contribution >= 0.6 is 0 Å². The zero-order chi connectivity index (χ0) is 24.8. The van der Waals surface area contributed by atoms with Crippen molar-refractivity contribution < 1.29 is 0 Å². The van der Waals surface area contributed by atoms with Crippen LogP contribution in [0.2, 0.25) is 0 Å². The van der Waals surface area contributed by atoms with E-state index in [0.717, 1.165) is 5.92 Å². The van der Waals surface area contributed by atoms with Crippen molar-refractivity contribution >= 4 is 5.69 Å². The predicted molar refractivity (Wildman–Crippen MR) is 146 cm³/mol. The Labute approximate surface area is 206 Å².